The Morgan fingerprint density at radius 3 is 3.10 bits per heavy atom. The van der Waals surface area contributed by atoms with Gasteiger partial charge in [0.15, 0.2) is 10.8 Å². The molecule has 2 unspecified atom stereocenters. The Morgan fingerprint density at radius 1 is 1.52 bits per heavy atom. The molecule has 0 saturated carbocycles. The van der Waals surface area contributed by atoms with Gasteiger partial charge in [-0.2, -0.15) is 11.8 Å². The van der Waals surface area contributed by atoms with E-state index in [4.69, 9.17) is 10.1 Å². The molecule has 0 radical (unpaired) electrons. The second-order valence-electron chi connectivity index (χ2n) is 5.06. The number of fused-ring (bicyclic) bond motifs is 1. The lowest BCUT2D eigenvalue weighted by Gasteiger charge is -2.38. The molecule has 0 aliphatic carbocycles. The zero-order chi connectivity index (χ0) is 15.0. The highest BCUT2D eigenvalue weighted by molar-refractivity contribution is 8.00. The van der Waals surface area contributed by atoms with Gasteiger partial charge in [0.25, 0.3) is 0 Å². The lowest BCUT2D eigenvalue weighted by molar-refractivity contribution is -0.131. The van der Waals surface area contributed by atoms with Gasteiger partial charge < -0.3 is 10.0 Å². The molecule has 3 rings (SSSR count). The summed E-state index contributed by atoms with van der Waals surface area (Å²) >= 11 is 3.53. The van der Waals surface area contributed by atoms with Crippen molar-refractivity contribution in [2.75, 3.05) is 17.2 Å². The Bertz CT molecular complexity index is 692. The Morgan fingerprint density at radius 2 is 2.33 bits per heavy atom. The van der Waals surface area contributed by atoms with Crippen LogP contribution in [-0.2, 0) is 4.79 Å². The topological polar surface area (TPSA) is 57.8 Å². The summed E-state index contributed by atoms with van der Waals surface area (Å²) in [6.07, 6.45) is 4.76. The van der Waals surface area contributed by atoms with E-state index in [1.165, 1.54) is 6.08 Å². The smallest absolute Gasteiger partial charge is 0.328 e. The van der Waals surface area contributed by atoms with Crippen LogP contribution in [0.5, 0.6) is 0 Å². The first-order valence-electron chi connectivity index (χ1n) is 6.82. The average Bonchev–Trinajstić information content (AvgIpc) is 3.00. The first-order chi connectivity index (χ1) is 10.1. The van der Waals surface area contributed by atoms with Crippen LogP contribution in [0, 0.1) is 0 Å². The van der Waals surface area contributed by atoms with Crippen LogP contribution in [0.25, 0.3) is 11.0 Å². The van der Waals surface area contributed by atoms with Gasteiger partial charge in [-0.25, -0.2) is 9.78 Å². The van der Waals surface area contributed by atoms with Gasteiger partial charge in [0.05, 0.1) is 5.69 Å². The fourth-order valence-electron chi connectivity index (χ4n) is 2.54. The van der Waals surface area contributed by atoms with Crippen LogP contribution in [0.15, 0.2) is 17.7 Å². The molecule has 1 N–H and O–H groups in total. The highest BCUT2D eigenvalue weighted by atomic mass is 32.2. The molecule has 1 saturated heterocycles. The maximum atomic E-state index is 10.8. The van der Waals surface area contributed by atoms with Crippen LogP contribution in [0.1, 0.15) is 19.5 Å². The second kappa shape index (κ2) is 5.73. The molecular weight excluding hydrogens is 306 g/mol. The molecule has 2 atom stereocenters. The quantitative estimate of drug-likeness (QED) is 0.880. The van der Waals surface area contributed by atoms with E-state index >= 15 is 0 Å². The van der Waals surface area contributed by atoms with E-state index in [-0.39, 0.29) is 0 Å². The zero-order valence-corrected chi connectivity index (χ0v) is 13.5. The third-order valence-electron chi connectivity index (χ3n) is 3.82. The standard InChI is InChI=1S/C14H17N3O2S2/c1-9-10(2)20-7-5-16(9)13-11(3-4-12(18)19)17-6-8-21-14(17)15-13/h3-4,6,8-10H,5,7H2,1-2H3,(H,18,19)/b4-3+. The molecule has 2 aromatic heterocycles. The maximum Gasteiger partial charge on any atom is 0.328 e. The molecule has 0 aromatic carbocycles. The summed E-state index contributed by atoms with van der Waals surface area (Å²) < 4.78 is 1.96. The van der Waals surface area contributed by atoms with Crippen molar-refractivity contribution in [3.05, 3.63) is 23.3 Å². The van der Waals surface area contributed by atoms with Gasteiger partial charge in [0.1, 0.15) is 0 Å². The van der Waals surface area contributed by atoms with Gasteiger partial charge in [-0.05, 0) is 13.0 Å². The van der Waals surface area contributed by atoms with Crippen LogP contribution < -0.4 is 4.90 Å². The predicted molar refractivity (Wildman–Crippen MR) is 88.5 cm³/mol. The number of rotatable bonds is 3. The zero-order valence-electron chi connectivity index (χ0n) is 11.9. The summed E-state index contributed by atoms with van der Waals surface area (Å²) in [4.78, 5) is 18.7. The normalized spacial score (nSPS) is 23.2. The van der Waals surface area contributed by atoms with E-state index in [1.807, 2.05) is 27.7 Å². The molecule has 1 aliphatic rings. The summed E-state index contributed by atoms with van der Waals surface area (Å²) in [5, 5.41) is 11.4. The Kier molecular flexibility index (Phi) is 3.95. The van der Waals surface area contributed by atoms with Crippen molar-refractivity contribution in [2.45, 2.75) is 25.1 Å². The SMILES string of the molecule is CC1SCCN(c2nc3sccn3c2/C=C/C(=O)O)C1C. The lowest BCUT2D eigenvalue weighted by Crippen LogP contribution is -2.45. The number of aliphatic carboxylic acids is 1. The van der Waals surface area contributed by atoms with Crippen molar-refractivity contribution in [1.29, 1.82) is 0 Å². The largest absolute Gasteiger partial charge is 0.478 e. The highest BCUT2D eigenvalue weighted by Crippen LogP contribution is 2.32. The fraction of sp³-hybridized carbons (Fsp3) is 0.429. The van der Waals surface area contributed by atoms with Gasteiger partial charge in [-0.1, -0.05) is 6.92 Å². The van der Waals surface area contributed by atoms with Crippen molar-refractivity contribution >= 4 is 45.9 Å². The first kappa shape index (κ1) is 14.5. The van der Waals surface area contributed by atoms with Gasteiger partial charge in [-0.3, -0.25) is 4.40 Å². The van der Waals surface area contributed by atoms with Crippen LogP contribution in [0.4, 0.5) is 5.82 Å². The fourth-order valence-corrected chi connectivity index (χ4v) is 4.36. The van der Waals surface area contributed by atoms with E-state index in [0.29, 0.717) is 11.3 Å². The number of thioether (sulfide) groups is 1. The molecule has 1 aliphatic heterocycles. The average molecular weight is 323 g/mol. The molecule has 0 amide bonds. The number of hydrogen-bond donors (Lipinski definition) is 1. The molecule has 21 heavy (non-hydrogen) atoms. The molecule has 0 bridgehead atoms. The van der Waals surface area contributed by atoms with Crippen molar-refractivity contribution in [3.63, 3.8) is 0 Å². The minimum absolute atomic E-state index is 0.380. The Balaban J connectivity index is 2.06. The summed E-state index contributed by atoms with van der Waals surface area (Å²) in [7, 11) is 0. The number of thiazole rings is 1. The van der Waals surface area contributed by atoms with Crippen molar-refractivity contribution < 1.29 is 9.90 Å². The Labute approximate surface area is 131 Å². The number of carboxylic acid groups (broad SMARTS) is 1. The summed E-state index contributed by atoms with van der Waals surface area (Å²) in [5.41, 5.74) is 0.847. The van der Waals surface area contributed by atoms with Crippen LogP contribution in [0.3, 0.4) is 0 Å². The van der Waals surface area contributed by atoms with E-state index in [2.05, 4.69) is 18.7 Å². The number of carboxylic acids is 1. The summed E-state index contributed by atoms with van der Waals surface area (Å²) in [6.45, 7) is 5.37. The number of anilines is 1. The second-order valence-corrected chi connectivity index (χ2v) is 7.42. The van der Waals surface area contributed by atoms with Crippen molar-refractivity contribution in [1.82, 2.24) is 9.38 Å². The number of carbonyl (C=O) groups is 1. The molecule has 0 spiro atoms. The van der Waals surface area contributed by atoms with Gasteiger partial charge >= 0.3 is 5.97 Å². The third-order valence-corrected chi connectivity index (χ3v) is 5.91. The van der Waals surface area contributed by atoms with E-state index < -0.39 is 5.97 Å². The summed E-state index contributed by atoms with van der Waals surface area (Å²) in [6, 6.07) is 0.380. The molecule has 112 valence electrons. The van der Waals surface area contributed by atoms with E-state index in [9.17, 15) is 4.79 Å². The van der Waals surface area contributed by atoms with Gasteiger partial charge in [-0.15, -0.1) is 11.3 Å². The van der Waals surface area contributed by atoms with E-state index in [1.54, 1.807) is 17.4 Å². The Hall–Kier alpha value is -1.47. The number of nitrogens with zero attached hydrogens (tertiary/aromatic N) is 3. The van der Waals surface area contributed by atoms with E-state index in [0.717, 1.165) is 28.8 Å². The molecule has 7 heteroatoms. The lowest BCUT2D eigenvalue weighted by atomic mass is 10.2. The summed E-state index contributed by atoms with van der Waals surface area (Å²) in [5.74, 6) is 1.01. The molecule has 2 aromatic rings. The number of hydrogen-bond acceptors (Lipinski definition) is 5. The molecule has 1 fully saturated rings. The minimum Gasteiger partial charge on any atom is -0.478 e. The maximum absolute atomic E-state index is 10.8. The van der Waals surface area contributed by atoms with Crippen molar-refractivity contribution in [3.8, 4) is 0 Å². The van der Waals surface area contributed by atoms with Crippen LogP contribution in [0.2, 0.25) is 0 Å². The highest BCUT2D eigenvalue weighted by Gasteiger charge is 2.29. The van der Waals surface area contributed by atoms with Crippen LogP contribution >= 0.6 is 23.1 Å². The molecule has 3 heterocycles. The van der Waals surface area contributed by atoms with Crippen LogP contribution in [-0.4, -0.2) is 44.0 Å². The molecule has 5 nitrogen and oxygen atoms in total. The van der Waals surface area contributed by atoms with Gasteiger partial charge in [0.2, 0.25) is 0 Å². The molecular formula is C14H17N3O2S2. The number of imidazole rings is 1. The number of aromatic nitrogens is 2. The third kappa shape index (κ3) is 2.67. The first-order valence-corrected chi connectivity index (χ1v) is 8.75. The minimum atomic E-state index is -0.943. The van der Waals surface area contributed by atoms with Crippen molar-refractivity contribution in [2.24, 2.45) is 0 Å². The monoisotopic (exact) mass is 323 g/mol. The predicted octanol–water partition coefficient (Wildman–Crippen LogP) is 2.82. The van der Waals surface area contributed by atoms with Gasteiger partial charge in [0, 0.05) is 41.2 Å².